The smallest absolute Gasteiger partial charge is 0.331 e. The zero-order chi connectivity index (χ0) is 17.3. The maximum Gasteiger partial charge on any atom is 0.416 e. The molecule has 0 atom stereocenters. The molecular formula is C16H9BrF4N2S. The highest BCUT2D eigenvalue weighted by Crippen LogP contribution is 2.37. The van der Waals surface area contributed by atoms with Crippen LogP contribution < -0.4 is 5.32 Å². The standard InChI is InChI=1S/C16H9BrF4N2S/c17-14-13(9-3-1-5-11(18)7-9)23-15(24-14)22-12-6-2-4-10(8-12)16(19,20)21/h1-8H,(H,22,23). The lowest BCUT2D eigenvalue weighted by Gasteiger charge is -2.08. The molecule has 0 saturated carbocycles. The molecule has 0 aliphatic rings. The Bertz CT molecular complexity index is 877. The van der Waals surface area contributed by atoms with Gasteiger partial charge in [0.05, 0.1) is 15.0 Å². The summed E-state index contributed by atoms with van der Waals surface area (Å²) in [6.07, 6.45) is -4.41. The predicted molar refractivity (Wildman–Crippen MR) is 89.9 cm³/mol. The van der Waals surface area contributed by atoms with E-state index in [1.165, 1.54) is 35.6 Å². The molecule has 0 aliphatic carbocycles. The van der Waals surface area contributed by atoms with E-state index in [9.17, 15) is 17.6 Å². The quantitative estimate of drug-likeness (QED) is 0.494. The number of aromatic nitrogens is 1. The maximum absolute atomic E-state index is 13.3. The molecule has 2 nitrogen and oxygen atoms in total. The minimum Gasteiger partial charge on any atom is -0.331 e. The second-order valence-corrected chi connectivity index (χ2v) is 7.17. The summed E-state index contributed by atoms with van der Waals surface area (Å²) in [5, 5.41) is 3.25. The molecule has 0 radical (unpaired) electrons. The summed E-state index contributed by atoms with van der Waals surface area (Å²) in [7, 11) is 0. The van der Waals surface area contributed by atoms with Crippen molar-refractivity contribution in [1.82, 2.24) is 4.98 Å². The van der Waals surface area contributed by atoms with Crippen LogP contribution in [0.15, 0.2) is 52.3 Å². The Morgan fingerprint density at radius 1 is 1.04 bits per heavy atom. The zero-order valence-corrected chi connectivity index (χ0v) is 14.3. The van der Waals surface area contributed by atoms with Crippen LogP contribution in [0.4, 0.5) is 28.4 Å². The van der Waals surface area contributed by atoms with Crippen LogP contribution in [0.5, 0.6) is 0 Å². The van der Waals surface area contributed by atoms with Gasteiger partial charge in [0.25, 0.3) is 0 Å². The van der Waals surface area contributed by atoms with Crippen LogP contribution in [0.3, 0.4) is 0 Å². The number of thiazole rings is 1. The summed E-state index contributed by atoms with van der Waals surface area (Å²) in [6.45, 7) is 0. The molecule has 3 aromatic rings. The van der Waals surface area contributed by atoms with Crippen molar-refractivity contribution in [2.45, 2.75) is 6.18 Å². The van der Waals surface area contributed by atoms with Gasteiger partial charge in [-0.25, -0.2) is 9.37 Å². The number of anilines is 2. The average Bonchev–Trinajstić information content (AvgIpc) is 2.87. The van der Waals surface area contributed by atoms with Crippen molar-refractivity contribution in [2.75, 3.05) is 5.32 Å². The Balaban J connectivity index is 1.89. The van der Waals surface area contributed by atoms with E-state index in [0.717, 1.165) is 12.1 Å². The first kappa shape index (κ1) is 16.9. The summed E-state index contributed by atoms with van der Waals surface area (Å²) < 4.78 is 52.2. The molecule has 0 fully saturated rings. The first-order valence-corrected chi connectivity index (χ1v) is 8.30. The third-order valence-corrected chi connectivity index (χ3v) is 4.75. The lowest BCUT2D eigenvalue weighted by Crippen LogP contribution is -2.05. The third-order valence-electron chi connectivity index (χ3n) is 3.13. The third kappa shape index (κ3) is 3.76. The summed E-state index contributed by atoms with van der Waals surface area (Å²) in [5.41, 5.74) is 0.634. The molecule has 124 valence electrons. The number of alkyl halides is 3. The van der Waals surface area contributed by atoms with Crippen molar-refractivity contribution in [3.05, 3.63) is 63.7 Å². The van der Waals surface area contributed by atoms with Gasteiger partial charge >= 0.3 is 6.18 Å². The van der Waals surface area contributed by atoms with Crippen LogP contribution in [0, 0.1) is 5.82 Å². The van der Waals surface area contributed by atoms with Gasteiger partial charge in [0, 0.05) is 11.3 Å². The summed E-state index contributed by atoms with van der Waals surface area (Å²) in [5.74, 6) is -0.389. The Hall–Kier alpha value is -1.93. The first-order valence-electron chi connectivity index (χ1n) is 6.69. The summed E-state index contributed by atoms with van der Waals surface area (Å²) in [6, 6.07) is 10.8. The van der Waals surface area contributed by atoms with E-state index in [1.54, 1.807) is 12.1 Å². The van der Waals surface area contributed by atoms with E-state index in [4.69, 9.17) is 0 Å². The van der Waals surface area contributed by atoms with Crippen LogP contribution in [0.2, 0.25) is 0 Å². The van der Waals surface area contributed by atoms with Crippen molar-refractivity contribution in [3.8, 4) is 11.3 Å². The van der Waals surface area contributed by atoms with Crippen LogP contribution in [0.25, 0.3) is 11.3 Å². The molecule has 0 amide bonds. The molecule has 1 heterocycles. The molecule has 0 bridgehead atoms. The first-order chi connectivity index (χ1) is 11.3. The molecule has 0 unspecified atom stereocenters. The fourth-order valence-electron chi connectivity index (χ4n) is 2.07. The normalized spacial score (nSPS) is 11.5. The molecule has 1 aromatic heterocycles. The van der Waals surface area contributed by atoms with Crippen LogP contribution >= 0.6 is 27.3 Å². The van der Waals surface area contributed by atoms with E-state index < -0.39 is 11.7 Å². The lowest BCUT2D eigenvalue weighted by atomic mass is 10.2. The molecule has 3 rings (SSSR count). The number of hydrogen-bond donors (Lipinski definition) is 1. The summed E-state index contributed by atoms with van der Waals surface area (Å²) >= 11 is 4.57. The number of benzene rings is 2. The van der Waals surface area contributed by atoms with Gasteiger partial charge in [0.1, 0.15) is 5.82 Å². The highest BCUT2D eigenvalue weighted by Gasteiger charge is 2.30. The van der Waals surface area contributed by atoms with Crippen molar-refractivity contribution < 1.29 is 17.6 Å². The Morgan fingerprint density at radius 3 is 2.50 bits per heavy atom. The lowest BCUT2D eigenvalue weighted by molar-refractivity contribution is -0.137. The topological polar surface area (TPSA) is 24.9 Å². The van der Waals surface area contributed by atoms with Gasteiger partial charge in [-0.15, -0.1) is 0 Å². The van der Waals surface area contributed by atoms with E-state index >= 15 is 0 Å². The van der Waals surface area contributed by atoms with Crippen molar-refractivity contribution in [3.63, 3.8) is 0 Å². The van der Waals surface area contributed by atoms with E-state index in [-0.39, 0.29) is 11.5 Å². The molecule has 0 saturated heterocycles. The maximum atomic E-state index is 13.3. The Morgan fingerprint density at radius 2 is 1.79 bits per heavy atom. The fourth-order valence-corrected chi connectivity index (χ4v) is 3.58. The second kappa shape index (κ2) is 6.52. The zero-order valence-electron chi connectivity index (χ0n) is 11.9. The summed E-state index contributed by atoms with van der Waals surface area (Å²) in [4.78, 5) is 4.32. The molecule has 2 aromatic carbocycles. The molecular weight excluding hydrogens is 408 g/mol. The highest BCUT2D eigenvalue weighted by atomic mass is 79.9. The molecule has 1 N–H and O–H groups in total. The van der Waals surface area contributed by atoms with E-state index in [1.807, 2.05) is 0 Å². The van der Waals surface area contributed by atoms with Gasteiger partial charge in [0.2, 0.25) is 0 Å². The van der Waals surface area contributed by atoms with Crippen molar-refractivity contribution in [1.29, 1.82) is 0 Å². The Labute approximate surface area is 147 Å². The van der Waals surface area contributed by atoms with Gasteiger partial charge in [-0.05, 0) is 46.3 Å². The number of nitrogens with zero attached hydrogens (tertiary/aromatic N) is 1. The largest absolute Gasteiger partial charge is 0.416 e. The van der Waals surface area contributed by atoms with Gasteiger partial charge in [-0.2, -0.15) is 13.2 Å². The average molecular weight is 417 g/mol. The highest BCUT2D eigenvalue weighted by molar-refractivity contribution is 9.11. The van der Waals surface area contributed by atoms with Gasteiger partial charge in [0.15, 0.2) is 5.13 Å². The van der Waals surface area contributed by atoms with Crippen LogP contribution in [-0.4, -0.2) is 4.98 Å². The van der Waals surface area contributed by atoms with Crippen LogP contribution in [-0.2, 0) is 6.18 Å². The Kier molecular flexibility index (Phi) is 4.60. The monoisotopic (exact) mass is 416 g/mol. The number of hydrogen-bond acceptors (Lipinski definition) is 3. The molecule has 8 heteroatoms. The predicted octanol–water partition coefficient (Wildman–Crippen LogP) is 6.47. The molecule has 0 aliphatic heterocycles. The van der Waals surface area contributed by atoms with Crippen molar-refractivity contribution >= 4 is 38.1 Å². The molecule has 24 heavy (non-hydrogen) atoms. The minimum absolute atomic E-state index is 0.275. The fraction of sp³-hybridized carbons (Fsp3) is 0.0625. The number of nitrogens with one attached hydrogen (secondary N) is 1. The van der Waals surface area contributed by atoms with Gasteiger partial charge in [-0.3, -0.25) is 0 Å². The van der Waals surface area contributed by atoms with Crippen molar-refractivity contribution in [2.24, 2.45) is 0 Å². The van der Waals surface area contributed by atoms with Gasteiger partial charge < -0.3 is 5.32 Å². The van der Waals surface area contributed by atoms with Gasteiger partial charge in [-0.1, -0.05) is 29.5 Å². The second-order valence-electron chi connectivity index (χ2n) is 4.86. The minimum atomic E-state index is -4.41. The molecule has 0 spiro atoms. The van der Waals surface area contributed by atoms with E-state index in [0.29, 0.717) is 20.2 Å². The van der Waals surface area contributed by atoms with Crippen LogP contribution in [0.1, 0.15) is 5.56 Å². The SMILES string of the molecule is Fc1cccc(-c2nc(Nc3cccc(C(F)(F)F)c3)sc2Br)c1. The number of rotatable bonds is 3. The van der Waals surface area contributed by atoms with E-state index in [2.05, 4.69) is 26.2 Å². The number of halogens is 5.